The number of benzene rings is 2. The van der Waals surface area contributed by atoms with Gasteiger partial charge in [-0.3, -0.25) is 4.90 Å². The molecule has 0 unspecified atom stereocenters. The normalized spacial score (nSPS) is 26.4. The van der Waals surface area contributed by atoms with E-state index >= 15 is 0 Å². The van der Waals surface area contributed by atoms with Crippen molar-refractivity contribution in [2.75, 3.05) is 26.7 Å². The molecule has 0 amide bonds. The van der Waals surface area contributed by atoms with Crippen LogP contribution in [0.2, 0.25) is 0 Å². The van der Waals surface area contributed by atoms with Crippen LogP contribution in [0.3, 0.4) is 0 Å². The molecular weight excluding hydrogens is 384 g/mol. The lowest BCUT2D eigenvalue weighted by Crippen LogP contribution is -2.37. The summed E-state index contributed by atoms with van der Waals surface area (Å²) in [6, 6.07) is 21.0. The number of ether oxygens (including phenoxy) is 1. The highest BCUT2D eigenvalue weighted by atomic mass is 16.5. The second-order valence-electron chi connectivity index (χ2n) is 8.81. The number of aromatic nitrogens is 3. The molecule has 1 aliphatic heterocycles. The van der Waals surface area contributed by atoms with Crippen LogP contribution in [0.5, 0.6) is 0 Å². The number of nitrogens with zero attached hydrogens (tertiary/aromatic N) is 4. The van der Waals surface area contributed by atoms with Gasteiger partial charge < -0.3 is 4.74 Å². The molecule has 5 nitrogen and oxygen atoms in total. The Morgan fingerprint density at radius 1 is 0.968 bits per heavy atom. The molecule has 1 saturated heterocycles. The molecule has 2 aliphatic rings. The summed E-state index contributed by atoms with van der Waals surface area (Å²) in [5.74, 6) is 1.38. The molecule has 160 valence electrons. The fourth-order valence-corrected chi connectivity index (χ4v) is 5.25. The van der Waals surface area contributed by atoms with E-state index in [2.05, 4.69) is 76.0 Å². The smallest absolute Gasteiger partial charge is 0.113 e. The average molecular weight is 415 g/mol. The largest absolute Gasteiger partial charge is 0.379 e. The molecule has 1 aromatic heterocycles. The van der Waals surface area contributed by atoms with Crippen LogP contribution in [-0.4, -0.2) is 52.7 Å². The van der Waals surface area contributed by atoms with E-state index in [0.29, 0.717) is 11.8 Å². The van der Waals surface area contributed by atoms with Crippen LogP contribution in [0.25, 0.3) is 17.3 Å². The number of fused-ring (bicyclic) bond motifs is 1. The average Bonchev–Trinajstić information content (AvgIpc) is 3.46. The molecule has 0 bridgehead atoms. The van der Waals surface area contributed by atoms with Gasteiger partial charge in [0.1, 0.15) is 5.69 Å². The molecule has 3 aromatic rings. The fraction of sp³-hybridized carbons (Fsp3) is 0.385. The van der Waals surface area contributed by atoms with Crippen molar-refractivity contribution in [2.45, 2.75) is 25.0 Å². The molecule has 2 aromatic carbocycles. The zero-order chi connectivity index (χ0) is 21.0. The van der Waals surface area contributed by atoms with E-state index in [0.717, 1.165) is 43.7 Å². The highest BCUT2D eigenvalue weighted by molar-refractivity contribution is 5.57. The van der Waals surface area contributed by atoms with Crippen LogP contribution in [0.15, 0.2) is 72.9 Å². The van der Waals surface area contributed by atoms with Gasteiger partial charge in [-0.25, -0.2) is 4.68 Å². The second-order valence-corrected chi connectivity index (χ2v) is 8.81. The number of hydrogen-bond donors (Lipinski definition) is 0. The molecule has 4 atom stereocenters. The van der Waals surface area contributed by atoms with E-state index < -0.39 is 0 Å². The molecule has 5 heteroatoms. The number of likely N-dealkylation sites (tertiary alicyclic amines) is 1. The SMILES string of the molecule is CO[C@@H]1C[C@H]2CN(C/C=C/c3ccccc3)C[C@H]2C[C@H]1n1cc(-c2ccccc2)nn1. The number of rotatable bonds is 6. The van der Waals surface area contributed by atoms with Gasteiger partial charge in [-0.2, -0.15) is 0 Å². The van der Waals surface area contributed by atoms with Crippen molar-refractivity contribution in [2.24, 2.45) is 11.8 Å². The maximum atomic E-state index is 5.93. The van der Waals surface area contributed by atoms with E-state index in [1.54, 1.807) is 0 Å². The van der Waals surface area contributed by atoms with Gasteiger partial charge in [-0.15, -0.1) is 5.10 Å². The van der Waals surface area contributed by atoms with Gasteiger partial charge in [0.2, 0.25) is 0 Å². The van der Waals surface area contributed by atoms with E-state index in [1.807, 2.05) is 30.0 Å². The van der Waals surface area contributed by atoms with Crippen LogP contribution in [0, 0.1) is 11.8 Å². The van der Waals surface area contributed by atoms with Gasteiger partial charge in [0.15, 0.2) is 0 Å². The second kappa shape index (κ2) is 9.16. The van der Waals surface area contributed by atoms with E-state index in [1.165, 1.54) is 5.56 Å². The standard InChI is InChI=1S/C26H30N4O/c1-31-26-16-23-18-29(14-8-11-20-9-4-2-5-10-20)17-22(23)15-25(26)30-19-24(27-28-30)21-12-6-3-7-13-21/h2-13,19,22-23,25-26H,14-18H2,1H3/b11-8+/t22-,23+,25-,26-/m1/s1. The quantitative estimate of drug-likeness (QED) is 0.593. The molecule has 0 N–H and O–H groups in total. The Hall–Kier alpha value is -2.76. The van der Waals surface area contributed by atoms with Gasteiger partial charge in [0, 0.05) is 32.3 Å². The number of methoxy groups -OCH3 is 1. The lowest BCUT2D eigenvalue weighted by molar-refractivity contribution is -0.00544. The molecule has 31 heavy (non-hydrogen) atoms. The van der Waals surface area contributed by atoms with Crippen molar-refractivity contribution < 1.29 is 4.74 Å². The van der Waals surface area contributed by atoms with Crippen LogP contribution < -0.4 is 0 Å². The zero-order valence-electron chi connectivity index (χ0n) is 18.0. The van der Waals surface area contributed by atoms with Crippen LogP contribution in [-0.2, 0) is 4.74 Å². The summed E-state index contributed by atoms with van der Waals surface area (Å²) in [6.07, 6.45) is 8.98. The predicted octanol–water partition coefficient (Wildman–Crippen LogP) is 4.56. The summed E-state index contributed by atoms with van der Waals surface area (Å²) in [4.78, 5) is 2.58. The number of hydrogen-bond acceptors (Lipinski definition) is 4. The van der Waals surface area contributed by atoms with E-state index in [4.69, 9.17) is 4.74 Å². The first-order chi connectivity index (χ1) is 15.3. The third kappa shape index (κ3) is 4.48. The van der Waals surface area contributed by atoms with Crippen molar-refractivity contribution in [3.05, 3.63) is 78.5 Å². The molecule has 2 fully saturated rings. The Morgan fingerprint density at radius 3 is 2.42 bits per heavy atom. The Labute approximate surface area is 184 Å². The van der Waals surface area contributed by atoms with E-state index in [-0.39, 0.29) is 12.1 Å². The molecule has 0 spiro atoms. The minimum absolute atomic E-state index is 0.186. The molecule has 1 saturated carbocycles. The maximum absolute atomic E-state index is 5.93. The first-order valence-corrected chi connectivity index (χ1v) is 11.2. The van der Waals surface area contributed by atoms with Crippen molar-refractivity contribution in [1.82, 2.24) is 19.9 Å². The van der Waals surface area contributed by atoms with Gasteiger partial charge in [0.25, 0.3) is 0 Å². The van der Waals surface area contributed by atoms with Gasteiger partial charge in [-0.1, -0.05) is 78.0 Å². The minimum atomic E-state index is 0.186. The predicted molar refractivity (Wildman–Crippen MR) is 123 cm³/mol. The van der Waals surface area contributed by atoms with Crippen molar-refractivity contribution >= 4 is 6.08 Å². The third-order valence-corrected chi connectivity index (χ3v) is 6.86. The maximum Gasteiger partial charge on any atom is 0.113 e. The van der Waals surface area contributed by atoms with Crippen molar-refractivity contribution in [3.8, 4) is 11.3 Å². The Balaban J connectivity index is 1.25. The molecule has 1 aliphatic carbocycles. The lowest BCUT2D eigenvalue weighted by atomic mass is 9.77. The van der Waals surface area contributed by atoms with Gasteiger partial charge in [-0.05, 0) is 30.2 Å². The van der Waals surface area contributed by atoms with Crippen LogP contribution in [0.4, 0.5) is 0 Å². The molecule has 2 heterocycles. The van der Waals surface area contributed by atoms with Crippen LogP contribution in [0.1, 0.15) is 24.4 Å². The lowest BCUT2D eigenvalue weighted by Gasteiger charge is -2.37. The first-order valence-electron chi connectivity index (χ1n) is 11.2. The summed E-state index contributed by atoms with van der Waals surface area (Å²) < 4.78 is 7.98. The van der Waals surface area contributed by atoms with Gasteiger partial charge >= 0.3 is 0 Å². The highest BCUT2D eigenvalue weighted by Crippen LogP contribution is 2.42. The van der Waals surface area contributed by atoms with Gasteiger partial charge in [0.05, 0.1) is 18.3 Å². The van der Waals surface area contributed by atoms with Crippen molar-refractivity contribution in [1.29, 1.82) is 0 Å². The Morgan fingerprint density at radius 2 is 1.68 bits per heavy atom. The third-order valence-electron chi connectivity index (χ3n) is 6.86. The summed E-state index contributed by atoms with van der Waals surface area (Å²) >= 11 is 0. The molecule has 0 radical (unpaired) electrons. The Kier molecular flexibility index (Phi) is 5.96. The highest BCUT2D eigenvalue weighted by Gasteiger charge is 2.43. The monoisotopic (exact) mass is 414 g/mol. The Bertz CT molecular complexity index is 1000. The molecular formula is C26H30N4O. The first kappa shape index (κ1) is 20.2. The topological polar surface area (TPSA) is 43.2 Å². The van der Waals surface area contributed by atoms with Crippen molar-refractivity contribution in [3.63, 3.8) is 0 Å². The summed E-state index contributed by atoms with van der Waals surface area (Å²) in [7, 11) is 1.84. The van der Waals surface area contributed by atoms with E-state index in [9.17, 15) is 0 Å². The minimum Gasteiger partial charge on any atom is -0.379 e. The van der Waals surface area contributed by atoms with Crippen LogP contribution >= 0.6 is 0 Å². The zero-order valence-corrected chi connectivity index (χ0v) is 18.0. The fourth-order valence-electron chi connectivity index (χ4n) is 5.25. The summed E-state index contributed by atoms with van der Waals surface area (Å²) in [5, 5.41) is 8.93. The summed E-state index contributed by atoms with van der Waals surface area (Å²) in [5.41, 5.74) is 3.30. The molecule has 5 rings (SSSR count). The summed E-state index contributed by atoms with van der Waals surface area (Å²) in [6.45, 7) is 3.31.